The summed E-state index contributed by atoms with van der Waals surface area (Å²) in [4.78, 5) is 24.2. The van der Waals surface area contributed by atoms with Gasteiger partial charge in [-0.15, -0.1) is 11.8 Å². The normalized spacial score (nSPS) is 12.4. The fourth-order valence-corrected chi connectivity index (χ4v) is 2.33. The van der Waals surface area contributed by atoms with E-state index in [1.54, 1.807) is 0 Å². The highest BCUT2D eigenvalue weighted by Gasteiger charge is 2.09. The number of carboxylic acids is 1. The van der Waals surface area contributed by atoms with Crippen molar-refractivity contribution in [1.29, 1.82) is 0 Å². The third-order valence-corrected chi connectivity index (χ3v) is 3.79. The van der Waals surface area contributed by atoms with Gasteiger partial charge in [0.05, 0.1) is 11.5 Å². The zero-order valence-corrected chi connectivity index (χ0v) is 13.0. The van der Waals surface area contributed by atoms with Gasteiger partial charge in [0.15, 0.2) is 0 Å². The molecule has 0 aliphatic carbocycles. The third kappa shape index (κ3) is 10.8. The van der Waals surface area contributed by atoms with Crippen LogP contribution in [0.25, 0.3) is 0 Å². The van der Waals surface area contributed by atoms with E-state index >= 15 is 0 Å². The largest absolute Gasteiger partial charge is 0.481 e. The summed E-state index contributed by atoms with van der Waals surface area (Å²) in [5, 5.41) is 11.4. The van der Waals surface area contributed by atoms with Gasteiger partial charge < -0.3 is 15.3 Å². The Balaban J connectivity index is 3.64. The second-order valence-electron chi connectivity index (χ2n) is 4.52. The number of thioether (sulfide) groups is 1. The van der Waals surface area contributed by atoms with Crippen molar-refractivity contribution in [2.24, 2.45) is 0 Å². The molecule has 0 aromatic carbocycles. The van der Waals surface area contributed by atoms with Crippen LogP contribution in [0.15, 0.2) is 0 Å². The fourth-order valence-electron chi connectivity index (χ4n) is 1.78. The first-order valence-electron chi connectivity index (χ1n) is 6.80. The Morgan fingerprint density at radius 2 is 1.89 bits per heavy atom. The number of nitrogens with zero attached hydrogens (tertiary/aromatic N) is 1. The van der Waals surface area contributed by atoms with Crippen LogP contribution < -0.4 is 5.32 Å². The molecule has 1 unspecified atom stereocenters. The highest BCUT2D eigenvalue weighted by atomic mass is 32.2. The molecule has 19 heavy (non-hydrogen) atoms. The fraction of sp³-hybridized carbons (Fsp3) is 0.846. The van der Waals surface area contributed by atoms with Crippen molar-refractivity contribution in [3.63, 3.8) is 0 Å². The second kappa shape index (κ2) is 11.1. The van der Waals surface area contributed by atoms with E-state index in [-0.39, 0.29) is 23.5 Å². The number of nitrogens with one attached hydrogen (secondary N) is 1. The van der Waals surface area contributed by atoms with Gasteiger partial charge in [0, 0.05) is 6.04 Å². The molecule has 0 saturated heterocycles. The Kier molecular flexibility index (Phi) is 10.7. The van der Waals surface area contributed by atoms with Crippen molar-refractivity contribution >= 4 is 23.6 Å². The Labute approximate surface area is 120 Å². The minimum absolute atomic E-state index is 0.0240. The smallest absolute Gasteiger partial charge is 0.313 e. The minimum atomic E-state index is -0.884. The number of aliphatic carboxylic acids is 1. The quantitative estimate of drug-likeness (QED) is 0.602. The molecule has 0 fully saturated rings. The maximum atomic E-state index is 11.5. The third-order valence-electron chi connectivity index (χ3n) is 2.87. The molecule has 0 spiro atoms. The Hall–Kier alpha value is -0.750. The van der Waals surface area contributed by atoms with Crippen LogP contribution in [-0.2, 0) is 9.59 Å². The van der Waals surface area contributed by atoms with Crippen LogP contribution in [0.4, 0.5) is 0 Å². The summed E-state index contributed by atoms with van der Waals surface area (Å²) < 4.78 is 0. The van der Waals surface area contributed by atoms with Crippen molar-refractivity contribution in [3.05, 3.63) is 0 Å². The maximum Gasteiger partial charge on any atom is 0.313 e. The number of amides is 1. The van der Waals surface area contributed by atoms with Crippen LogP contribution in [-0.4, -0.2) is 59.1 Å². The topological polar surface area (TPSA) is 69.6 Å². The summed E-state index contributed by atoms with van der Waals surface area (Å²) in [7, 11) is 0. The zero-order chi connectivity index (χ0) is 14.7. The molecule has 0 rings (SSSR count). The summed E-state index contributed by atoms with van der Waals surface area (Å²) in [5.41, 5.74) is 0. The molecular formula is C13H26N2O3S. The van der Waals surface area contributed by atoms with Gasteiger partial charge in [0.25, 0.3) is 0 Å². The van der Waals surface area contributed by atoms with Gasteiger partial charge in [-0.25, -0.2) is 0 Å². The van der Waals surface area contributed by atoms with E-state index in [0.717, 1.165) is 44.2 Å². The molecule has 0 bridgehead atoms. The highest BCUT2D eigenvalue weighted by molar-refractivity contribution is 8.00. The summed E-state index contributed by atoms with van der Waals surface area (Å²) in [5.74, 6) is -0.775. The molecule has 0 aliphatic rings. The van der Waals surface area contributed by atoms with Crippen LogP contribution in [0.3, 0.4) is 0 Å². The zero-order valence-electron chi connectivity index (χ0n) is 12.1. The average Bonchev–Trinajstić information content (AvgIpc) is 2.34. The van der Waals surface area contributed by atoms with E-state index in [4.69, 9.17) is 5.11 Å². The van der Waals surface area contributed by atoms with E-state index in [9.17, 15) is 9.59 Å². The Bertz CT molecular complexity index is 271. The van der Waals surface area contributed by atoms with E-state index < -0.39 is 5.97 Å². The standard InChI is InChI=1S/C13H26N2O3S/c1-4-15(5-2)8-6-7-11(3)14-12(16)9-19-10-13(17)18/h11H,4-10H2,1-3H3,(H,14,16)(H,17,18). The van der Waals surface area contributed by atoms with Crippen molar-refractivity contribution in [2.75, 3.05) is 31.1 Å². The molecule has 0 aromatic heterocycles. The van der Waals surface area contributed by atoms with Gasteiger partial charge in [-0.05, 0) is 39.4 Å². The lowest BCUT2D eigenvalue weighted by atomic mass is 10.2. The first-order valence-corrected chi connectivity index (χ1v) is 7.96. The van der Waals surface area contributed by atoms with Gasteiger partial charge in [0.1, 0.15) is 0 Å². The monoisotopic (exact) mass is 290 g/mol. The van der Waals surface area contributed by atoms with Crippen molar-refractivity contribution in [3.8, 4) is 0 Å². The number of hydrogen-bond donors (Lipinski definition) is 2. The molecule has 1 atom stereocenters. The van der Waals surface area contributed by atoms with Crippen molar-refractivity contribution in [2.45, 2.75) is 39.7 Å². The van der Waals surface area contributed by atoms with E-state index in [0.29, 0.717) is 0 Å². The predicted octanol–water partition coefficient (Wildman–Crippen LogP) is 1.43. The van der Waals surface area contributed by atoms with Crippen LogP contribution in [0.5, 0.6) is 0 Å². The van der Waals surface area contributed by atoms with E-state index in [1.165, 1.54) is 0 Å². The van der Waals surface area contributed by atoms with E-state index in [2.05, 4.69) is 24.1 Å². The Morgan fingerprint density at radius 1 is 1.26 bits per heavy atom. The molecule has 0 aromatic rings. The molecule has 2 N–H and O–H groups in total. The van der Waals surface area contributed by atoms with Gasteiger partial charge in [-0.2, -0.15) is 0 Å². The molecule has 1 amide bonds. The minimum Gasteiger partial charge on any atom is -0.481 e. The molecule has 0 heterocycles. The molecule has 5 nitrogen and oxygen atoms in total. The van der Waals surface area contributed by atoms with Crippen LogP contribution in [0, 0.1) is 0 Å². The number of rotatable bonds is 11. The molecule has 0 aliphatic heterocycles. The summed E-state index contributed by atoms with van der Waals surface area (Å²) in [6.45, 7) is 9.46. The number of hydrogen-bond acceptors (Lipinski definition) is 4. The first kappa shape index (κ1) is 18.2. The van der Waals surface area contributed by atoms with Gasteiger partial charge in [-0.3, -0.25) is 9.59 Å². The van der Waals surface area contributed by atoms with E-state index in [1.807, 2.05) is 6.92 Å². The maximum absolute atomic E-state index is 11.5. The number of carboxylic acid groups (broad SMARTS) is 1. The lowest BCUT2D eigenvalue weighted by molar-refractivity contribution is -0.133. The van der Waals surface area contributed by atoms with Gasteiger partial charge in [0.2, 0.25) is 5.91 Å². The van der Waals surface area contributed by atoms with Gasteiger partial charge in [-0.1, -0.05) is 13.8 Å². The molecule has 0 saturated carbocycles. The van der Waals surface area contributed by atoms with Crippen LogP contribution >= 0.6 is 11.8 Å². The SMILES string of the molecule is CCN(CC)CCCC(C)NC(=O)CSCC(=O)O. The summed E-state index contributed by atoms with van der Waals surface area (Å²) >= 11 is 1.13. The van der Waals surface area contributed by atoms with Crippen molar-refractivity contribution < 1.29 is 14.7 Å². The second-order valence-corrected chi connectivity index (χ2v) is 5.51. The lowest BCUT2D eigenvalue weighted by Gasteiger charge is -2.19. The molecule has 6 heteroatoms. The molecule has 112 valence electrons. The molecular weight excluding hydrogens is 264 g/mol. The summed E-state index contributed by atoms with van der Waals surface area (Å²) in [6.07, 6.45) is 2.01. The molecule has 0 radical (unpaired) electrons. The number of carbonyl (C=O) groups is 2. The lowest BCUT2D eigenvalue weighted by Crippen LogP contribution is -2.35. The predicted molar refractivity (Wildman–Crippen MR) is 79.6 cm³/mol. The van der Waals surface area contributed by atoms with Crippen LogP contribution in [0.1, 0.15) is 33.6 Å². The average molecular weight is 290 g/mol. The van der Waals surface area contributed by atoms with Crippen LogP contribution in [0.2, 0.25) is 0 Å². The number of carbonyl (C=O) groups excluding carboxylic acids is 1. The highest BCUT2D eigenvalue weighted by Crippen LogP contribution is 2.02. The van der Waals surface area contributed by atoms with Crippen molar-refractivity contribution in [1.82, 2.24) is 10.2 Å². The first-order chi connectivity index (χ1) is 8.99. The Morgan fingerprint density at radius 3 is 2.42 bits per heavy atom. The van der Waals surface area contributed by atoms with Gasteiger partial charge >= 0.3 is 5.97 Å². The summed E-state index contributed by atoms with van der Waals surface area (Å²) in [6, 6.07) is 0.147.